The van der Waals surface area contributed by atoms with Gasteiger partial charge in [-0.2, -0.15) is 0 Å². The second kappa shape index (κ2) is 8.89. The van der Waals surface area contributed by atoms with E-state index in [0.29, 0.717) is 17.2 Å². The molecule has 0 radical (unpaired) electrons. The quantitative estimate of drug-likeness (QED) is 0.727. The molecule has 1 amide bonds. The van der Waals surface area contributed by atoms with E-state index in [1.54, 1.807) is 0 Å². The first-order valence-electron chi connectivity index (χ1n) is 8.69. The van der Waals surface area contributed by atoms with E-state index in [9.17, 15) is 4.79 Å². The van der Waals surface area contributed by atoms with Crippen LogP contribution in [0, 0.1) is 0 Å². The average molecular weight is 361 g/mol. The Morgan fingerprint density at radius 1 is 1.28 bits per heavy atom. The molecule has 0 aliphatic heterocycles. The molecule has 134 valence electrons. The van der Waals surface area contributed by atoms with E-state index in [1.807, 2.05) is 24.3 Å². The summed E-state index contributed by atoms with van der Waals surface area (Å²) in [6.45, 7) is 2.33. The minimum absolute atomic E-state index is 0.0175. The predicted octanol–water partition coefficient (Wildman–Crippen LogP) is 3.36. The Balaban J connectivity index is 1.41. The number of nitrogens with one attached hydrogen (secondary N) is 1. The molecule has 0 saturated heterocycles. The van der Waals surface area contributed by atoms with Crippen LogP contribution in [0.3, 0.4) is 0 Å². The molecule has 0 spiro atoms. The number of thioether (sulfide) groups is 1. The summed E-state index contributed by atoms with van der Waals surface area (Å²) in [6.07, 6.45) is 5.56. The zero-order valence-electron chi connectivity index (χ0n) is 14.4. The highest BCUT2D eigenvalue weighted by Crippen LogP contribution is 2.20. The van der Waals surface area contributed by atoms with E-state index < -0.39 is 0 Å². The summed E-state index contributed by atoms with van der Waals surface area (Å²) in [7, 11) is 0. The van der Waals surface area contributed by atoms with Gasteiger partial charge in [-0.1, -0.05) is 43.7 Å². The summed E-state index contributed by atoms with van der Waals surface area (Å²) < 4.78 is 11.1. The number of ether oxygens (including phenoxy) is 1. The maximum atomic E-state index is 11.9. The molecular formula is C18H23N3O3S. The molecule has 1 aliphatic rings. The van der Waals surface area contributed by atoms with Crippen molar-refractivity contribution in [1.82, 2.24) is 15.5 Å². The summed E-state index contributed by atoms with van der Waals surface area (Å²) in [5.41, 5.74) is 1.26. The summed E-state index contributed by atoms with van der Waals surface area (Å²) in [5, 5.41) is 11.3. The number of rotatable bonds is 8. The van der Waals surface area contributed by atoms with Crippen LogP contribution in [-0.2, 0) is 17.8 Å². The Hall–Kier alpha value is -2.02. The monoisotopic (exact) mass is 361 g/mol. The predicted molar refractivity (Wildman–Crippen MR) is 95.6 cm³/mol. The number of aryl methyl sites for hydroxylation is 1. The van der Waals surface area contributed by atoms with Crippen molar-refractivity contribution in [2.45, 2.75) is 56.9 Å². The topological polar surface area (TPSA) is 77.2 Å². The molecule has 2 aromatic rings. The van der Waals surface area contributed by atoms with Crippen molar-refractivity contribution in [3.8, 4) is 5.75 Å². The van der Waals surface area contributed by atoms with Crippen LogP contribution in [-0.4, -0.2) is 27.9 Å². The Labute approximate surface area is 151 Å². The molecule has 1 N–H and O–H groups in total. The molecule has 0 unspecified atom stereocenters. The van der Waals surface area contributed by atoms with Crippen LogP contribution >= 0.6 is 11.8 Å². The first-order valence-corrected chi connectivity index (χ1v) is 9.68. The van der Waals surface area contributed by atoms with E-state index in [0.717, 1.165) is 25.0 Å². The fourth-order valence-corrected chi connectivity index (χ4v) is 3.38. The summed E-state index contributed by atoms with van der Waals surface area (Å²) in [5.74, 6) is 1.47. The number of hydrogen-bond acceptors (Lipinski definition) is 6. The summed E-state index contributed by atoms with van der Waals surface area (Å²) in [6, 6.07) is 8.26. The van der Waals surface area contributed by atoms with E-state index in [-0.39, 0.29) is 18.3 Å². The number of nitrogens with zero attached hydrogens (tertiary/aromatic N) is 2. The van der Waals surface area contributed by atoms with Crippen LogP contribution in [0.5, 0.6) is 5.75 Å². The highest BCUT2D eigenvalue weighted by Gasteiger charge is 2.17. The normalized spacial score (nSPS) is 14.6. The molecule has 1 saturated carbocycles. The van der Waals surface area contributed by atoms with E-state index in [1.165, 1.54) is 30.2 Å². The number of carbonyl (C=O) groups excluding carboxylic acids is 1. The smallest absolute Gasteiger partial charge is 0.277 e. The van der Waals surface area contributed by atoms with Crippen LogP contribution in [0.15, 0.2) is 33.9 Å². The fourth-order valence-electron chi connectivity index (χ4n) is 2.79. The summed E-state index contributed by atoms with van der Waals surface area (Å²) in [4.78, 5) is 11.9. The zero-order chi connectivity index (χ0) is 17.5. The molecule has 0 bridgehead atoms. The zero-order valence-corrected chi connectivity index (χ0v) is 15.2. The third-order valence-corrected chi connectivity index (χ3v) is 5.01. The van der Waals surface area contributed by atoms with Crippen molar-refractivity contribution in [3.63, 3.8) is 0 Å². The Morgan fingerprint density at radius 3 is 2.76 bits per heavy atom. The van der Waals surface area contributed by atoms with Crippen molar-refractivity contribution in [2.75, 3.05) is 5.75 Å². The molecule has 1 aromatic carbocycles. The van der Waals surface area contributed by atoms with Crippen LogP contribution < -0.4 is 10.1 Å². The van der Waals surface area contributed by atoms with Gasteiger partial charge in [-0.05, 0) is 37.0 Å². The maximum absolute atomic E-state index is 11.9. The lowest BCUT2D eigenvalue weighted by molar-refractivity contribution is -0.119. The fraction of sp³-hybridized carbons (Fsp3) is 0.500. The molecule has 0 atom stereocenters. The highest BCUT2D eigenvalue weighted by atomic mass is 32.2. The van der Waals surface area contributed by atoms with Gasteiger partial charge in [-0.15, -0.1) is 10.2 Å². The van der Waals surface area contributed by atoms with Crippen LogP contribution in [0.1, 0.15) is 44.1 Å². The number of aromatic nitrogens is 2. The Morgan fingerprint density at radius 2 is 2.04 bits per heavy atom. The second-order valence-corrected chi connectivity index (χ2v) is 7.01. The third-order valence-electron chi connectivity index (χ3n) is 4.19. The lowest BCUT2D eigenvalue weighted by atomic mass is 10.2. The van der Waals surface area contributed by atoms with Crippen molar-refractivity contribution in [1.29, 1.82) is 0 Å². The lowest BCUT2D eigenvalue weighted by Gasteiger charge is -2.10. The molecule has 1 aromatic heterocycles. The molecule has 7 heteroatoms. The lowest BCUT2D eigenvalue weighted by Crippen LogP contribution is -2.33. The second-order valence-electron chi connectivity index (χ2n) is 6.09. The van der Waals surface area contributed by atoms with Gasteiger partial charge in [0.1, 0.15) is 5.75 Å². The Bertz CT molecular complexity index is 681. The number of amides is 1. The molecule has 1 heterocycles. The van der Waals surface area contributed by atoms with E-state index in [2.05, 4.69) is 22.4 Å². The minimum Gasteiger partial charge on any atom is -0.484 e. The number of hydrogen-bond donors (Lipinski definition) is 1. The molecule has 1 aliphatic carbocycles. The van der Waals surface area contributed by atoms with Crippen molar-refractivity contribution < 1.29 is 13.9 Å². The van der Waals surface area contributed by atoms with Gasteiger partial charge in [0, 0.05) is 6.04 Å². The molecule has 6 nitrogen and oxygen atoms in total. The first-order chi connectivity index (χ1) is 12.2. The van der Waals surface area contributed by atoms with Crippen LogP contribution in [0.2, 0.25) is 0 Å². The van der Waals surface area contributed by atoms with Crippen LogP contribution in [0.25, 0.3) is 0 Å². The van der Waals surface area contributed by atoms with Gasteiger partial charge in [-0.25, -0.2) is 0 Å². The number of carbonyl (C=O) groups is 1. The Kier molecular flexibility index (Phi) is 6.33. The van der Waals surface area contributed by atoms with Crippen molar-refractivity contribution >= 4 is 17.7 Å². The maximum Gasteiger partial charge on any atom is 0.277 e. The van der Waals surface area contributed by atoms with Crippen LogP contribution in [0.4, 0.5) is 0 Å². The SMILES string of the molecule is CCc1ccc(OCc2nnc(SCC(=O)NC3CCCC3)o2)cc1. The molecule has 25 heavy (non-hydrogen) atoms. The van der Waals surface area contributed by atoms with E-state index in [4.69, 9.17) is 9.15 Å². The van der Waals surface area contributed by atoms with E-state index >= 15 is 0 Å². The van der Waals surface area contributed by atoms with Gasteiger partial charge >= 0.3 is 0 Å². The van der Waals surface area contributed by atoms with Gasteiger partial charge in [0.05, 0.1) is 5.75 Å². The highest BCUT2D eigenvalue weighted by molar-refractivity contribution is 7.99. The van der Waals surface area contributed by atoms with Gasteiger partial charge < -0.3 is 14.5 Å². The molecule has 3 rings (SSSR count). The number of benzene rings is 1. The largest absolute Gasteiger partial charge is 0.484 e. The third kappa shape index (κ3) is 5.49. The summed E-state index contributed by atoms with van der Waals surface area (Å²) >= 11 is 1.25. The average Bonchev–Trinajstić information content (AvgIpc) is 3.30. The minimum atomic E-state index is 0.0175. The van der Waals surface area contributed by atoms with Gasteiger partial charge in [0.25, 0.3) is 11.1 Å². The van der Waals surface area contributed by atoms with Gasteiger partial charge in [0.15, 0.2) is 6.61 Å². The molecule has 1 fully saturated rings. The standard InChI is InChI=1S/C18H23N3O3S/c1-2-13-7-9-15(10-8-13)23-11-17-20-21-18(24-17)25-12-16(22)19-14-5-3-4-6-14/h7-10,14H,2-6,11-12H2,1H3,(H,19,22). The van der Waals surface area contributed by atoms with Crippen molar-refractivity contribution in [3.05, 3.63) is 35.7 Å². The van der Waals surface area contributed by atoms with Gasteiger partial charge in [-0.3, -0.25) is 4.79 Å². The first kappa shape index (κ1) is 17.8. The molecular weight excluding hydrogens is 338 g/mol. The van der Waals surface area contributed by atoms with Crippen molar-refractivity contribution in [2.24, 2.45) is 0 Å². The van der Waals surface area contributed by atoms with Gasteiger partial charge in [0.2, 0.25) is 5.91 Å².